The minimum atomic E-state index is -0.710. The van der Waals surface area contributed by atoms with Crippen LogP contribution in [0.4, 0.5) is 10.1 Å². The highest BCUT2D eigenvalue weighted by molar-refractivity contribution is 5.99. The van der Waals surface area contributed by atoms with Crippen molar-refractivity contribution < 1.29 is 18.7 Å². The summed E-state index contributed by atoms with van der Waals surface area (Å²) in [7, 11) is 1.40. The van der Waals surface area contributed by atoms with Crippen molar-refractivity contribution in [1.29, 1.82) is 0 Å². The number of fused-ring (bicyclic) bond motifs is 1. The molecular weight excluding hydrogens is 323 g/mol. The van der Waals surface area contributed by atoms with E-state index >= 15 is 0 Å². The summed E-state index contributed by atoms with van der Waals surface area (Å²) in [5.41, 5.74) is 0.491. The fraction of sp³-hybridized carbons (Fsp3) is 0.474. The SMILES string of the molecule is CCN1C(=O)CCC2(C(=O)Nc3ccc(OC)c(F)c3)CCCC=C12. The molecule has 1 aromatic rings. The number of rotatable bonds is 4. The van der Waals surface area contributed by atoms with E-state index in [2.05, 4.69) is 5.32 Å². The topological polar surface area (TPSA) is 58.6 Å². The Morgan fingerprint density at radius 2 is 2.20 bits per heavy atom. The number of nitrogens with one attached hydrogen (secondary N) is 1. The molecule has 1 unspecified atom stereocenters. The lowest BCUT2D eigenvalue weighted by molar-refractivity contribution is -0.138. The number of amides is 2. The number of nitrogens with zero attached hydrogens (tertiary/aromatic N) is 1. The second-order valence-electron chi connectivity index (χ2n) is 6.51. The van der Waals surface area contributed by atoms with Crippen LogP contribution in [0.15, 0.2) is 30.0 Å². The molecule has 5 nitrogen and oxygen atoms in total. The Hall–Kier alpha value is -2.37. The Morgan fingerprint density at radius 1 is 1.40 bits per heavy atom. The quantitative estimate of drug-likeness (QED) is 0.908. The molecule has 25 heavy (non-hydrogen) atoms. The smallest absolute Gasteiger partial charge is 0.236 e. The predicted molar refractivity (Wildman–Crippen MR) is 92.6 cm³/mol. The molecule has 3 rings (SSSR count). The van der Waals surface area contributed by atoms with Gasteiger partial charge in [-0.3, -0.25) is 9.59 Å². The van der Waals surface area contributed by atoms with Crippen molar-refractivity contribution in [3.8, 4) is 5.75 Å². The molecule has 1 atom stereocenters. The Bertz CT molecular complexity index is 731. The van der Waals surface area contributed by atoms with E-state index in [1.807, 2.05) is 13.0 Å². The van der Waals surface area contributed by atoms with Gasteiger partial charge in [-0.15, -0.1) is 0 Å². The third kappa shape index (κ3) is 3.01. The molecule has 0 saturated carbocycles. The van der Waals surface area contributed by atoms with Crippen LogP contribution in [-0.4, -0.2) is 30.4 Å². The van der Waals surface area contributed by atoms with Crippen LogP contribution in [-0.2, 0) is 9.59 Å². The summed E-state index contributed by atoms with van der Waals surface area (Å²) in [5, 5.41) is 2.84. The number of methoxy groups -OCH3 is 1. The maximum atomic E-state index is 13.9. The second-order valence-corrected chi connectivity index (χ2v) is 6.51. The monoisotopic (exact) mass is 346 g/mol. The van der Waals surface area contributed by atoms with Crippen molar-refractivity contribution in [2.45, 2.75) is 39.0 Å². The third-order valence-electron chi connectivity index (χ3n) is 5.15. The third-order valence-corrected chi connectivity index (χ3v) is 5.15. The predicted octanol–water partition coefficient (Wildman–Crippen LogP) is 3.47. The molecule has 1 saturated heterocycles. The summed E-state index contributed by atoms with van der Waals surface area (Å²) >= 11 is 0. The zero-order valence-corrected chi connectivity index (χ0v) is 14.6. The van der Waals surface area contributed by atoms with Crippen molar-refractivity contribution in [2.75, 3.05) is 19.0 Å². The number of allylic oxidation sites excluding steroid dienone is 1. The average molecular weight is 346 g/mol. The number of carbonyl (C=O) groups excluding carboxylic acids is 2. The van der Waals surface area contributed by atoms with Crippen molar-refractivity contribution in [3.63, 3.8) is 0 Å². The van der Waals surface area contributed by atoms with E-state index < -0.39 is 11.2 Å². The minimum Gasteiger partial charge on any atom is -0.494 e. The summed E-state index contributed by atoms with van der Waals surface area (Å²) in [6, 6.07) is 4.36. The van der Waals surface area contributed by atoms with Crippen LogP contribution in [0.25, 0.3) is 0 Å². The lowest BCUT2D eigenvalue weighted by atomic mass is 9.69. The van der Waals surface area contributed by atoms with Gasteiger partial charge in [0.15, 0.2) is 11.6 Å². The number of likely N-dealkylation sites (tertiary alicyclic amines) is 1. The summed E-state index contributed by atoms with van der Waals surface area (Å²) < 4.78 is 18.8. The van der Waals surface area contributed by atoms with Crippen molar-refractivity contribution in [3.05, 3.63) is 35.8 Å². The van der Waals surface area contributed by atoms with Gasteiger partial charge < -0.3 is 15.0 Å². The van der Waals surface area contributed by atoms with Crippen LogP contribution >= 0.6 is 0 Å². The van der Waals surface area contributed by atoms with Crippen LogP contribution in [0.5, 0.6) is 5.75 Å². The molecule has 1 aromatic carbocycles. The molecular formula is C19H23FN2O3. The van der Waals surface area contributed by atoms with E-state index in [0.717, 1.165) is 18.5 Å². The van der Waals surface area contributed by atoms with E-state index in [9.17, 15) is 14.0 Å². The number of hydrogen-bond donors (Lipinski definition) is 1. The summed E-state index contributed by atoms with van der Waals surface area (Å²) in [6.45, 7) is 2.47. The summed E-state index contributed by atoms with van der Waals surface area (Å²) in [6.07, 6.45) is 5.34. The first-order chi connectivity index (χ1) is 12.0. The molecule has 2 aliphatic rings. The second kappa shape index (κ2) is 6.86. The maximum absolute atomic E-state index is 13.9. The lowest BCUT2D eigenvalue weighted by Crippen LogP contribution is -2.51. The van der Waals surface area contributed by atoms with Gasteiger partial charge in [0.25, 0.3) is 0 Å². The highest BCUT2D eigenvalue weighted by atomic mass is 19.1. The van der Waals surface area contributed by atoms with Gasteiger partial charge in [-0.25, -0.2) is 4.39 Å². The van der Waals surface area contributed by atoms with Gasteiger partial charge in [0.05, 0.1) is 12.5 Å². The largest absolute Gasteiger partial charge is 0.494 e. The lowest BCUT2D eigenvalue weighted by Gasteiger charge is -2.45. The number of carbonyl (C=O) groups is 2. The van der Waals surface area contributed by atoms with Gasteiger partial charge in [-0.1, -0.05) is 6.08 Å². The van der Waals surface area contributed by atoms with E-state index in [1.54, 1.807) is 11.0 Å². The molecule has 1 aliphatic carbocycles. The van der Waals surface area contributed by atoms with Gasteiger partial charge in [0.2, 0.25) is 11.8 Å². The zero-order valence-electron chi connectivity index (χ0n) is 14.6. The van der Waals surface area contributed by atoms with Gasteiger partial charge >= 0.3 is 0 Å². The highest BCUT2D eigenvalue weighted by Gasteiger charge is 2.49. The first-order valence-electron chi connectivity index (χ1n) is 8.68. The number of halogens is 1. The Morgan fingerprint density at radius 3 is 2.88 bits per heavy atom. The number of benzene rings is 1. The molecule has 0 bridgehead atoms. The molecule has 1 heterocycles. The van der Waals surface area contributed by atoms with Crippen molar-refractivity contribution >= 4 is 17.5 Å². The van der Waals surface area contributed by atoms with Crippen molar-refractivity contribution in [2.24, 2.45) is 5.41 Å². The molecule has 0 radical (unpaired) electrons. The molecule has 1 fully saturated rings. The Kier molecular flexibility index (Phi) is 4.79. The number of piperidine rings is 1. The fourth-order valence-corrected chi connectivity index (χ4v) is 3.86. The molecule has 1 aliphatic heterocycles. The van der Waals surface area contributed by atoms with Gasteiger partial charge in [-0.05, 0) is 44.7 Å². The Labute approximate surface area is 146 Å². The Balaban J connectivity index is 1.89. The standard InChI is InChI=1S/C19H23FN2O3/c1-3-22-16-6-4-5-10-19(16,11-9-17(22)23)18(24)21-13-7-8-15(25-2)14(20)12-13/h6-8,12H,3-5,9-11H2,1-2H3,(H,21,24). The van der Waals surface area contributed by atoms with Gasteiger partial charge in [0, 0.05) is 30.4 Å². The van der Waals surface area contributed by atoms with Gasteiger partial charge in [-0.2, -0.15) is 0 Å². The fourth-order valence-electron chi connectivity index (χ4n) is 3.86. The van der Waals surface area contributed by atoms with E-state index in [4.69, 9.17) is 4.74 Å². The number of anilines is 1. The van der Waals surface area contributed by atoms with Crippen LogP contribution in [0.1, 0.15) is 39.0 Å². The molecule has 6 heteroatoms. The molecule has 2 amide bonds. The van der Waals surface area contributed by atoms with E-state index in [0.29, 0.717) is 31.5 Å². The summed E-state index contributed by atoms with van der Waals surface area (Å²) in [4.78, 5) is 27.0. The first kappa shape index (κ1) is 17.5. The van der Waals surface area contributed by atoms with Crippen molar-refractivity contribution in [1.82, 2.24) is 4.90 Å². The average Bonchev–Trinajstić information content (AvgIpc) is 2.62. The van der Waals surface area contributed by atoms with Gasteiger partial charge in [0.1, 0.15) is 0 Å². The highest BCUT2D eigenvalue weighted by Crippen LogP contribution is 2.47. The number of ether oxygens (including phenoxy) is 1. The van der Waals surface area contributed by atoms with Crippen LogP contribution in [0.3, 0.4) is 0 Å². The molecule has 1 N–H and O–H groups in total. The van der Waals surface area contributed by atoms with Crippen LogP contribution in [0.2, 0.25) is 0 Å². The maximum Gasteiger partial charge on any atom is 0.236 e. The van der Waals surface area contributed by atoms with E-state index in [1.165, 1.54) is 19.2 Å². The normalized spacial score (nSPS) is 22.9. The van der Waals surface area contributed by atoms with E-state index in [-0.39, 0.29) is 17.6 Å². The molecule has 134 valence electrons. The first-order valence-corrected chi connectivity index (χ1v) is 8.68. The van der Waals surface area contributed by atoms with Crippen LogP contribution in [0, 0.1) is 11.2 Å². The van der Waals surface area contributed by atoms with Crippen LogP contribution < -0.4 is 10.1 Å². The molecule has 0 aromatic heterocycles. The molecule has 0 spiro atoms. The minimum absolute atomic E-state index is 0.0644. The summed E-state index contributed by atoms with van der Waals surface area (Å²) in [5.74, 6) is -0.496. The number of hydrogen-bond acceptors (Lipinski definition) is 3. The zero-order chi connectivity index (χ0) is 18.0.